The van der Waals surface area contributed by atoms with Gasteiger partial charge >= 0.3 is 0 Å². The Labute approximate surface area is 112 Å². The summed E-state index contributed by atoms with van der Waals surface area (Å²) in [5, 5.41) is 9.41. The van der Waals surface area contributed by atoms with Crippen molar-refractivity contribution >= 4 is 5.65 Å². The standard InChI is InChI=1S/C16H16N2O/c1-11-4-3-5-12(2)15(11)14-8-13(10-19)9-18-7-6-17-16(14)18/h3-9,19H,10H2,1-2H3. The molecule has 96 valence electrons. The zero-order valence-corrected chi connectivity index (χ0v) is 11.1. The van der Waals surface area contributed by atoms with Crippen LogP contribution < -0.4 is 0 Å². The normalized spacial score (nSPS) is 11.1. The average Bonchev–Trinajstić information content (AvgIpc) is 2.86. The molecule has 0 fully saturated rings. The highest BCUT2D eigenvalue weighted by atomic mass is 16.3. The Morgan fingerprint density at radius 2 is 1.95 bits per heavy atom. The second-order valence-corrected chi connectivity index (χ2v) is 4.85. The summed E-state index contributed by atoms with van der Waals surface area (Å²) in [5.74, 6) is 0. The molecule has 2 heterocycles. The molecule has 0 saturated heterocycles. The first-order valence-electron chi connectivity index (χ1n) is 6.33. The molecule has 3 aromatic rings. The number of rotatable bonds is 2. The van der Waals surface area contributed by atoms with Crippen molar-refractivity contribution in [2.45, 2.75) is 20.5 Å². The molecule has 0 atom stereocenters. The van der Waals surface area contributed by atoms with E-state index in [-0.39, 0.29) is 6.61 Å². The van der Waals surface area contributed by atoms with Crippen LogP contribution in [0.1, 0.15) is 16.7 Å². The number of benzene rings is 1. The summed E-state index contributed by atoms with van der Waals surface area (Å²) in [6.07, 6.45) is 5.61. The van der Waals surface area contributed by atoms with Gasteiger partial charge in [0.1, 0.15) is 5.65 Å². The average molecular weight is 252 g/mol. The number of fused-ring (bicyclic) bond motifs is 1. The molecular weight excluding hydrogens is 236 g/mol. The summed E-state index contributed by atoms with van der Waals surface area (Å²) in [6, 6.07) is 8.30. The maximum atomic E-state index is 9.41. The molecule has 3 heteroatoms. The lowest BCUT2D eigenvalue weighted by Gasteiger charge is -2.12. The fourth-order valence-corrected chi connectivity index (χ4v) is 2.60. The number of aliphatic hydroxyl groups is 1. The van der Waals surface area contributed by atoms with Crippen LogP contribution in [0.2, 0.25) is 0 Å². The van der Waals surface area contributed by atoms with Gasteiger partial charge in [0.25, 0.3) is 0 Å². The maximum absolute atomic E-state index is 9.41. The van der Waals surface area contributed by atoms with Crippen LogP contribution in [0, 0.1) is 13.8 Å². The highest BCUT2D eigenvalue weighted by Gasteiger charge is 2.11. The summed E-state index contributed by atoms with van der Waals surface area (Å²) in [4.78, 5) is 4.43. The zero-order chi connectivity index (χ0) is 13.4. The Kier molecular flexibility index (Phi) is 2.84. The molecule has 3 nitrogen and oxygen atoms in total. The molecule has 0 aliphatic rings. The molecule has 0 radical (unpaired) electrons. The van der Waals surface area contributed by atoms with E-state index in [1.54, 1.807) is 6.20 Å². The minimum absolute atomic E-state index is 0.0338. The highest BCUT2D eigenvalue weighted by Crippen LogP contribution is 2.30. The SMILES string of the molecule is Cc1cccc(C)c1-c1cc(CO)cn2ccnc12. The Morgan fingerprint density at radius 1 is 1.21 bits per heavy atom. The number of aliphatic hydroxyl groups excluding tert-OH is 1. The molecular formula is C16H16N2O. The third-order valence-electron chi connectivity index (χ3n) is 3.48. The van der Waals surface area contributed by atoms with Gasteiger partial charge in [0, 0.05) is 24.2 Å². The summed E-state index contributed by atoms with van der Waals surface area (Å²) < 4.78 is 1.97. The van der Waals surface area contributed by atoms with Gasteiger partial charge in [0.15, 0.2) is 0 Å². The van der Waals surface area contributed by atoms with Crippen molar-refractivity contribution in [1.29, 1.82) is 0 Å². The van der Waals surface area contributed by atoms with Crippen molar-refractivity contribution in [2.24, 2.45) is 0 Å². The molecule has 1 N–H and O–H groups in total. The smallest absolute Gasteiger partial charge is 0.144 e. The summed E-state index contributed by atoms with van der Waals surface area (Å²) in [7, 11) is 0. The fraction of sp³-hybridized carbons (Fsp3) is 0.188. The first kappa shape index (κ1) is 11.9. The van der Waals surface area contributed by atoms with Gasteiger partial charge in [-0.05, 0) is 42.2 Å². The Balaban J connectivity index is 2.38. The number of hydrogen-bond acceptors (Lipinski definition) is 2. The number of imidazole rings is 1. The molecule has 0 bridgehead atoms. The minimum atomic E-state index is 0.0338. The van der Waals surface area contributed by atoms with Gasteiger partial charge in [-0.25, -0.2) is 4.98 Å². The lowest BCUT2D eigenvalue weighted by atomic mass is 9.96. The Bertz CT molecular complexity index is 723. The van der Waals surface area contributed by atoms with E-state index in [1.807, 2.05) is 22.9 Å². The maximum Gasteiger partial charge on any atom is 0.144 e. The van der Waals surface area contributed by atoms with Gasteiger partial charge < -0.3 is 9.51 Å². The van der Waals surface area contributed by atoms with E-state index >= 15 is 0 Å². The van der Waals surface area contributed by atoms with Crippen LogP contribution in [-0.2, 0) is 6.61 Å². The van der Waals surface area contributed by atoms with Crippen LogP contribution in [0.4, 0.5) is 0 Å². The van der Waals surface area contributed by atoms with Gasteiger partial charge in [-0.15, -0.1) is 0 Å². The van der Waals surface area contributed by atoms with E-state index in [0.717, 1.165) is 16.8 Å². The Hall–Kier alpha value is -2.13. The largest absolute Gasteiger partial charge is 0.392 e. The molecule has 19 heavy (non-hydrogen) atoms. The predicted molar refractivity (Wildman–Crippen MR) is 76.0 cm³/mol. The van der Waals surface area contributed by atoms with Crippen LogP contribution >= 0.6 is 0 Å². The summed E-state index contributed by atoms with van der Waals surface area (Å²) in [6.45, 7) is 4.24. The van der Waals surface area contributed by atoms with E-state index in [4.69, 9.17) is 0 Å². The van der Waals surface area contributed by atoms with Crippen molar-refractivity contribution in [3.05, 3.63) is 59.5 Å². The molecule has 0 saturated carbocycles. The second-order valence-electron chi connectivity index (χ2n) is 4.85. The van der Waals surface area contributed by atoms with Crippen molar-refractivity contribution < 1.29 is 5.11 Å². The lowest BCUT2D eigenvalue weighted by molar-refractivity contribution is 0.281. The quantitative estimate of drug-likeness (QED) is 0.761. The molecule has 0 unspecified atom stereocenters. The molecule has 2 aromatic heterocycles. The number of nitrogens with zero attached hydrogens (tertiary/aromatic N) is 2. The van der Waals surface area contributed by atoms with Crippen LogP contribution in [0.25, 0.3) is 16.8 Å². The van der Waals surface area contributed by atoms with E-state index in [0.29, 0.717) is 0 Å². The van der Waals surface area contributed by atoms with E-state index < -0.39 is 0 Å². The van der Waals surface area contributed by atoms with Gasteiger partial charge in [0.05, 0.1) is 6.61 Å². The van der Waals surface area contributed by atoms with Crippen LogP contribution in [-0.4, -0.2) is 14.5 Å². The van der Waals surface area contributed by atoms with E-state index in [2.05, 4.69) is 37.0 Å². The molecule has 1 aromatic carbocycles. The van der Waals surface area contributed by atoms with E-state index in [1.165, 1.54) is 16.7 Å². The summed E-state index contributed by atoms with van der Waals surface area (Å²) >= 11 is 0. The Morgan fingerprint density at radius 3 is 2.63 bits per heavy atom. The molecule has 0 amide bonds. The predicted octanol–water partition coefficient (Wildman–Crippen LogP) is 3.11. The number of aromatic nitrogens is 2. The lowest BCUT2D eigenvalue weighted by Crippen LogP contribution is -1.96. The summed E-state index contributed by atoms with van der Waals surface area (Å²) in [5.41, 5.74) is 6.54. The topological polar surface area (TPSA) is 37.5 Å². The van der Waals surface area contributed by atoms with Crippen molar-refractivity contribution in [2.75, 3.05) is 0 Å². The van der Waals surface area contributed by atoms with Crippen LogP contribution in [0.3, 0.4) is 0 Å². The minimum Gasteiger partial charge on any atom is -0.392 e. The van der Waals surface area contributed by atoms with Crippen LogP contribution in [0.5, 0.6) is 0 Å². The third kappa shape index (κ3) is 1.92. The van der Waals surface area contributed by atoms with Crippen molar-refractivity contribution in [3.63, 3.8) is 0 Å². The van der Waals surface area contributed by atoms with Crippen molar-refractivity contribution in [1.82, 2.24) is 9.38 Å². The molecule has 0 aliphatic carbocycles. The van der Waals surface area contributed by atoms with E-state index in [9.17, 15) is 5.11 Å². The van der Waals surface area contributed by atoms with Gasteiger partial charge in [-0.1, -0.05) is 18.2 Å². The number of hydrogen-bond donors (Lipinski definition) is 1. The second kappa shape index (κ2) is 4.52. The van der Waals surface area contributed by atoms with Gasteiger partial charge in [0.2, 0.25) is 0 Å². The number of pyridine rings is 1. The molecule has 0 aliphatic heterocycles. The first-order valence-corrected chi connectivity index (χ1v) is 6.33. The highest BCUT2D eigenvalue weighted by molar-refractivity contribution is 5.82. The van der Waals surface area contributed by atoms with Crippen molar-refractivity contribution in [3.8, 4) is 11.1 Å². The zero-order valence-electron chi connectivity index (χ0n) is 11.1. The van der Waals surface area contributed by atoms with Gasteiger partial charge in [-0.3, -0.25) is 0 Å². The fourth-order valence-electron chi connectivity index (χ4n) is 2.60. The molecule has 3 rings (SSSR count). The monoisotopic (exact) mass is 252 g/mol. The third-order valence-corrected chi connectivity index (χ3v) is 3.48. The van der Waals surface area contributed by atoms with Gasteiger partial charge in [-0.2, -0.15) is 0 Å². The van der Waals surface area contributed by atoms with Crippen LogP contribution in [0.15, 0.2) is 42.9 Å². The molecule has 0 spiro atoms. The first-order chi connectivity index (χ1) is 9.20. The number of aryl methyl sites for hydroxylation is 2.